The van der Waals surface area contributed by atoms with Crippen LogP contribution in [0.5, 0.6) is 0 Å². The number of hydrogen-bond acceptors (Lipinski definition) is 4. The fourth-order valence-corrected chi connectivity index (χ4v) is 4.60. The number of hydrogen-bond donors (Lipinski definition) is 0. The molecule has 5 nitrogen and oxygen atoms in total. The normalized spacial score (nSPS) is 20.6. The van der Waals surface area contributed by atoms with Crippen molar-refractivity contribution in [2.24, 2.45) is 5.92 Å². The Morgan fingerprint density at radius 3 is 2.63 bits per heavy atom. The van der Waals surface area contributed by atoms with E-state index in [4.69, 9.17) is 4.74 Å². The molecular weight excluding hydrogens is 360 g/mol. The molecule has 1 aromatic carbocycles. The maximum atomic E-state index is 12.7. The van der Waals surface area contributed by atoms with Crippen LogP contribution in [-0.2, 0) is 14.3 Å². The van der Waals surface area contributed by atoms with Gasteiger partial charge in [-0.2, -0.15) is 0 Å². The Morgan fingerprint density at radius 2 is 1.89 bits per heavy atom. The molecule has 6 heteroatoms. The van der Waals surface area contributed by atoms with Gasteiger partial charge in [0.25, 0.3) is 0 Å². The third-order valence-electron chi connectivity index (χ3n) is 5.51. The van der Waals surface area contributed by atoms with E-state index in [1.54, 1.807) is 11.8 Å². The summed E-state index contributed by atoms with van der Waals surface area (Å²) in [5.74, 6) is 1.10. The van der Waals surface area contributed by atoms with Gasteiger partial charge in [0.05, 0.1) is 19.1 Å². The van der Waals surface area contributed by atoms with Crippen molar-refractivity contribution in [1.29, 1.82) is 0 Å². The molecular formula is C21H30N2O3S. The Balaban J connectivity index is 1.46. The maximum Gasteiger partial charge on any atom is 0.227 e. The van der Waals surface area contributed by atoms with Crippen molar-refractivity contribution in [1.82, 2.24) is 9.80 Å². The van der Waals surface area contributed by atoms with Gasteiger partial charge in [-0.15, -0.1) is 11.8 Å². The number of likely N-dealkylation sites (tertiary alicyclic amines) is 1. The smallest absolute Gasteiger partial charge is 0.227 e. The van der Waals surface area contributed by atoms with Crippen molar-refractivity contribution in [3.05, 3.63) is 29.3 Å². The summed E-state index contributed by atoms with van der Waals surface area (Å²) in [6, 6.07) is 6.43. The van der Waals surface area contributed by atoms with Gasteiger partial charge in [0, 0.05) is 43.2 Å². The van der Waals surface area contributed by atoms with Crippen LogP contribution in [0, 0.1) is 19.8 Å². The Hall–Kier alpha value is -1.53. The highest BCUT2D eigenvalue weighted by molar-refractivity contribution is 7.99. The molecule has 0 N–H and O–H groups in total. The molecule has 2 heterocycles. The van der Waals surface area contributed by atoms with Crippen LogP contribution in [0.4, 0.5) is 0 Å². The second kappa shape index (κ2) is 9.60. The number of piperidine rings is 1. The summed E-state index contributed by atoms with van der Waals surface area (Å²) in [5, 5.41) is 0. The van der Waals surface area contributed by atoms with Crippen molar-refractivity contribution in [3.63, 3.8) is 0 Å². The van der Waals surface area contributed by atoms with Crippen LogP contribution in [0.2, 0.25) is 0 Å². The quantitative estimate of drug-likeness (QED) is 0.726. The van der Waals surface area contributed by atoms with E-state index in [2.05, 4.69) is 32.0 Å². The number of amides is 2. The molecule has 27 heavy (non-hydrogen) atoms. The molecule has 0 radical (unpaired) electrons. The topological polar surface area (TPSA) is 49.9 Å². The largest absolute Gasteiger partial charge is 0.378 e. The number of morpholine rings is 1. The molecule has 2 amide bonds. The molecule has 3 rings (SSSR count). The first-order chi connectivity index (χ1) is 13.0. The molecule has 2 fully saturated rings. The minimum atomic E-state index is -0.0480. The lowest BCUT2D eigenvalue weighted by Gasteiger charge is -2.36. The second-order valence-corrected chi connectivity index (χ2v) is 8.63. The predicted octanol–water partition coefficient (Wildman–Crippen LogP) is 2.88. The van der Waals surface area contributed by atoms with Crippen LogP contribution < -0.4 is 0 Å². The van der Waals surface area contributed by atoms with Gasteiger partial charge in [-0.25, -0.2) is 0 Å². The van der Waals surface area contributed by atoms with Crippen molar-refractivity contribution in [2.45, 2.75) is 38.0 Å². The zero-order chi connectivity index (χ0) is 19.2. The summed E-state index contributed by atoms with van der Waals surface area (Å²) >= 11 is 1.73. The summed E-state index contributed by atoms with van der Waals surface area (Å²) in [7, 11) is 0. The Morgan fingerprint density at radius 1 is 1.11 bits per heavy atom. The van der Waals surface area contributed by atoms with E-state index in [-0.39, 0.29) is 17.7 Å². The average molecular weight is 391 g/mol. The van der Waals surface area contributed by atoms with Gasteiger partial charge >= 0.3 is 0 Å². The van der Waals surface area contributed by atoms with Gasteiger partial charge < -0.3 is 14.5 Å². The van der Waals surface area contributed by atoms with E-state index in [0.29, 0.717) is 39.3 Å². The van der Waals surface area contributed by atoms with E-state index in [1.807, 2.05) is 9.80 Å². The van der Waals surface area contributed by atoms with Gasteiger partial charge in [0.15, 0.2) is 0 Å². The number of thioether (sulfide) groups is 1. The highest BCUT2D eigenvalue weighted by atomic mass is 32.2. The third-order valence-corrected chi connectivity index (χ3v) is 6.50. The Labute approximate surface area is 166 Å². The van der Waals surface area contributed by atoms with E-state index < -0.39 is 0 Å². The van der Waals surface area contributed by atoms with Gasteiger partial charge in [-0.3, -0.25) is 9.59 Å². The first-order valence-corrected chi connectivity index (χ1v) is 10.9. The summed E-state index contributed by atoms with van der Waals surface area (Å²) < 4.78 is 5.33. The van der Waals surface area contributed by atoms with Crippen molar-refractivity contribution >= 4 is 23.6 Å². The summed E-state index contributed by atoms with van der Waals surface area (Å²) in [6.07, 6.45) is 2.32. The molecule has 2 aliphatic rings. The lowest BCUT2D eigenvalue weighted by molar-refractivity contribution is -0.143. The minimum Gasteiger partial charge on any atom is -0.378 e. The summed E-state index contributed by atoms with van der Waals surface area (Å²) in [5.41, 5.74) is 2.58. The van der Waals surface area contributed by atoms with E-state index in [1.165, 1.54) is 16.0 Å². The number of rotatable bonds is 5. The maximum absolute atomic E-state index is 12.7. The van der Waals surface area contributed by atoms with Gasteiger partial charge in [0.1, 0.15) is 0 Å². The van der Waals surface area contributed by atoms with Crippen LogP contribution in [0.25, 0.3) is 0 Å². The lowest BCUT2D eigenvalue weighted by Crippen LogP contribution is -2.49. The summed E-state index contributed by atoms with van der Waals surface area (Å²) in [6.45, 7) is 8.17. The standard InChI is InChI=1S/C21H30N2O3S/c1-16-5-6-19(14-17(16)2)27-13-7-20(24)23-8-3-4-18(15-23)21(25)22-9-11-26-12-10-22/h5-6,14,18H,3-4,7-13,15H2,1-2H3. The lowest BCUT2D eigenvalue weighted by atomic mass is 9.96. The molecule has 0 spiro atoms. The molecule has 0 saturated carbocycles. The van der Waals surface area contributed by atoms with Crippen LogP contribution >= 0.6 is 11.8 Å². The molecule has 1 atom stereocenters. The predicted molar refractivity (Wildman–Crippen MR) is 108 cm³/mol. The van der Waals surface area contributed by atoms with Gasteiger partial charge in [-0.05, 0) is 49.9 Å². The molecule has 1 unspecified atom stereocenters. The van der Waals surface area contributed by atoms with Gasteiger partial charge in [0.2, 0.25) is 11.8 Å². The van der Waals surface area contributed by atoms with Crippen LogP contribution in [0.3, 0.4) is 0 Å². The van der Waals surface area contributed by atoms with Crippen molar-refractivity contribution < 1.29 is 14.3 Å². The number of nitrogens with zero attached hydrogens (tertiary/aromatic N) is 2. The third kappa shape index (κ3) is 5.48. The second-order valence-electron chi connectivity index (χ2n) is 7.46. The fraction of sp³-hybridized carbons (Fsp3) is 0.619. The van der Waals surface area contributed by atoms with E-state index in [0.717, 1.165) is 25.1 Å². The monoisotopic (exact) mass is 390 g/mol. The highest BCUT2D eigenvalue weighted by Crippen LogP contribution is 2.24. The molecule has 2 aliphatic heterocycles. The number of carbonyl (C=O) groups is 2. The number of aryl methyl sites for hydroxylation is 2. The molecule has 0 aromatic heterocycles. The highest BCUT2D eigenvalue weighted by Gasteiger charge is 2.31. The van der Waals surface area contributed by atoms with Crippen LogP contribution in [0.15, 0.2) is 23.1 Å². The Bertz CT molecular complexity index is 673. The molecule has 2 saturated heterocycles. The minimum absolute atomic E-state index is 0.0480. The molecule has 1 aromatic rings. The van der Waals surface area contributed by atoms with E-state index in [9.17, 15) is 9.59 Å². The SMILES string of the molecule is Cc1ccc(SCCC(=O)N2CCCC(C(=O)N3CCOCC3)C2)cc1C. The number of carbonyl (C=O) groups excluding carboxylic acids is 2. The van der Waals surface area contributed by atoms with Crippen molar-refractivity contribution in [2.75, 3.05) is 45.1 Å². The Kier molecular flexibility index (Phi) is 7.19. The fourth-order valence-electron chi connectivity index (χ4n) is 3.67. The van der Waals surface area contributed by atoms with Crippen LogP contribution in [0.1, 0.15) is 30.4 Å². The number of ether oxygens (including phenoxy) is 1. The van der Waals surface area contributed by atoms with Crippen LogP contribution in [-0.4, -0.2) is 66.8 Å². The average Bonchev–Trinajstić information content (AvgIpc) is 2.71. The molecule has 0 aliphatic carbocycles. The number of benzene rings is 1. The molecule has 0 bridgehead atoms. The first-order valence-electron chi connectivity index (χ1n) is 9.89. The first kappa shape index (κ1) is 20.2. The zero-order valence-corrected chi connectivity index (χ0v) is 17.2. The van der Waals surface area contributed by atoms with Gasteiger partial charge in [-0.1, -0.05) is 6.07 Å². The zero-order valence-electron chi connectivity index (χ0n) is 16.4. The van der Waals surface area contributed by atoms with Crippen molar-refractivity contribution in [3.8, 4) is 0 Å². The molecule has 148 valence electrons. The summed E-state index contributed by atoms with van der Waals surface area (Å²) in [4.78, 5) is 30.3. The van der Waals surface area contributed by atoms with E-state index >= 15 is 0 Å².